The molecule has 0 unspecified atom stereocenters. The lowest BCUT2D eigenvalue weighted by atomic mass is 10.1. The second kappa shape index (κ2) is 8.66. The fourth-order valence-electron chi connectivity index (χ4n) is 4.11. The molecule has 34 heavy (non-hydrogen) atoms. The van der Waals surface area contributed by atoms with Gasteiger partial charge < -0.3 is 0 Å². The topological polar surface area (TPSA) is 72.3 Å². The minimum atomic E-state index is -0.538. The molecule has 0 atom stereocenters. The zero-order chi connectivity index (χ0) is 24.0. The number of halogens is 3. The highest BCUT2D eigenvalue weighted by atomic mass is 35.5. The van der Waals surface area contributed by atoms with E-state index in [1.165, 1.54) is 33.7 Å². The van der Waals surface area contributed by atoms with Gasteiger partial charge in [0.2, 0.25) is 0 Å². The molecule has 0 fully saturated rings. The largest absolute Gasteiger partial charge is 0.274 e. The SMILES string of the molecule is O=C1c2ccccc2C(=O)N1CCCc1nc2cc(Cl)c(Cl)cc2n1C(=O)c1cccc(F)c1. The summed E-state index contributed by atoms with van der Waals surface area (Å²) in [5.41, 5.74) is 1.79. The number of nitrogens with zero attached hydrogens (tertiary/aromatic N) is 3. The lowest BCUT2D eigenvalue weighted by Gasteiger charge is -2.14. The van der Waals surface area contributed by atoms with Gasteiger partial charge in [-0.3, -0.25) is 23.9 Å². The molecule has 1 aliphatic heterocycles. The summed E-state index contributed by atoms with van der Waals surface area (Å²) in [5, 5.41) is 0.537. The fourth-order valence-corrected chi connectivity index (χ4v) is 4.42. The molecular weight excluding hydrogens is 480 g/mol. The van der Waals surface area contributed by atoms with Crippen LogP contribution in [0.1, 0.15) is 43.3 Å². The van der Waals surface area contributed by atoms with E-state index in [1.807, 2.05) is 0 Å². The molecular formula is C25H16Cl2FN3O3. The number of imidazole rings is 1. The molecule has 1 aliphatic rings. The summed E-state index contributed by atoms with van der Waals surface area (Å²) in [6.45, 7) is 0.158. The van der Waals surface area contributed by atoms with Crippen LogP contribution in [0.2, 0.25) is 10.0 Å². The summed E-state index contributed by atoms with van der Waals surface area (Å²) >= 11 is 12.3. The lowest BCUT2D eigenvalue weighted by molar-refractivity contribution is 0.0651. The Hall–Kier alpha value is -3.55. The third kappa shape index (κ3) is 3.77. The number of carbonyl (C=O) groups excluding carboxylic acids is 3. The molecule has 0 spiro atoms. The Morgan fingerprint density at radius 3 is 2.26 bits per heavy atom. The number of hydrogen-bond donors (Lipinski definition) is 0. The van der Waals surface area contributed by atoms with E-state index in [1.54, 1.807) is 30.3 Å². The molecule has 2 amide bonds. The number of aromatic nitrogens is 2. The summed E-state index contributed by atoms with van der Waals surface area (Å²) in [6.07, 6.45) is 0.644. The highest BCUT2D eigenvalue weighted by Crippen LogP contribution is 2.30. The monoisotopic (exact) mass is 495 g/mol. The van der Waals surface area contributed by atoms with Crippen molar-refractivity contribution in [3.8, 4) is 0 Å². The van der Waals surface area contributed by atoms with Crippen LogP contribution in [-0.2, 0) is 6.42 Å². The van der Waals surface area contributed by atoms with E-state index < -0.39 is 11.7 Å². The third-order valence-corrected chi connectivity index (χ3v) is 6.42. The van der Waals surface area contributed by atoms with Crippen molar-refractivity contribution in [2.75, 3.05) is 6.54 Å². The van der Waals surface area contributed by atoms with Gasteiger partial charge in [-0.25, -0.2) is 9.37 Å². The minimum Gasteiger partial charge on any atom is -0.274 e. The normalized spacial score (nSPS) is 13.1. The van der Waals surface area contributed by atoms with E-state index in [-0.39, 0.29) is 40.4 Å². The maximum absolute atomic E-state index is 13.8. The molecule has 6 nitrogen and oxygen atoms in total. The summed E-state index contributed by atoms with van der Waals surface area (Å²) in [4.78, 5) is 44.3. The maximum Gasteiger partial charge on any atom is 0.263 e. The van der Waals surface area contributed by atoms with Gasteiger partial charge in [-0.1, -0.05) is 41.4 Å². The summed E-state index contributed by atoms with van der Waals surface area (Å²) in [5.74, 6) is -1.31. The van der Waals surface area contributed by atoms with E-state index in [4.69, 9.17) is 23.2 Å². The second-order valence-corrected chi connectivity index (χ2v) is 8.66. The van der Waals surface area contributed by atoms with E-state index in [0.29, 0.717) is 34.4 Å². The van der Waals surface area contributed by atoms with Crippen LogP contribution in [-0.4, -0.2) is 38.7 Å². The first kappa shape index (κ1) is 22.3. The van der Waals surface area contributed by atoms with Crippen molar-refractivity contribution < 1.29 is 18.8 Å². The van der Waals surface area contributed by atoms with Crippen LogP contribution in [0.3, 0.4) is 0 Å². The van der Waals surface area contributed by atoms with Gasteiger partial charge in [0.05, 0.1) is 32.2 Å². The summed E-state index contributed by atoms with van der Waals surface area (Å²) in [6, 6.07) is 15.1. The van der Waals surface area contributed by atoms with Crippen molar-refractivity contribution in [1.82, 2.24) is 14.5 Å². The molecule has 0 N–H and O–H groups in total. The quantitative estimate of drug-likeness (QED) is 0.347. The molecule has 0 saturated heterocycles. The molecule has 3 aromatic carbocycles. The number of fused-ring (bicyclic) bond motifs is 2. The Morgan fingerprint density at radius 2 is 1.59 bits per heavy atom. The molecule has 5 rings (SSSR count). The number of amides is 2. The number of rotatable bonds is 5. The molecule has 9 heteroatoms. The zero-order valence-corrected chi connectivity index (χ0v) is 19.1. The van der Waals surface area contributed by atoms with Crippen LogP contribution in [0.15, 0.2) is 60.7 Å². The van der Waals surface area contributed by atoms with Crippen molar-refractivity contribution >= 4 is 52.0 Å². The number of benzene rings is 3. The smallest absolute Gasteiger partial charge is 0.263 e. The van der Waals surface area contributed by atoms with Crippen LogP contribution in [0.25, 0.3) is 11.0 Å². The van der Waals surface area contributed by atoms with Crippen molar-refractivity contribution in [2.24, 2.45) is 0 Å². The van der Waals surface area contributed by atoms with E-state index >= 15 is 0 Å². The number of carbonyl (C=O) groups is 3. The Kier molecular flexibility index (Phi) is 5.67. The van der Waals surface area contributed by atoms with Crippen LogP contribution in [0.4, 0.5) is 4.39 Å². The van der Waals surface area contributed by atoms with Crippen molar-refractivity contribution in [3.05, 3.63) is 99.0 Å². The van der Waals surface area contributed by atoms with Crippen LogP contribution in [0, 0.1) is 5.82 Å². The predicted octanol–water partition coefficient (Wildman–Crippen LogP) is 5.40. The maximum atomic E-state index is 13.8. The zero-order valence-electron chi connectivity index (χ0n) is 17.6. The summed E-state index contributed by atoms with van der Waals surface area (Å²) in [7, 11) is 0. The van der Waals surface area contributed by atoms with Gasteiger partial charge in [-0.15, -0.1) is 0 Å². The van der Waals surface area contributed by atoms with Crippen molar-refractivity contribution in [3.63, 3.8) is 0 Å². The van der Waals surface area contributed by atoms with Gasteiger partial charge in [0.25, 0.3) is 17.7 Å². The Bertz CT molecular complexity index is 1460. The number of aryl methyl sites for hydroxylation is 1. The second-order valence-electron chi connectivity index (χ2n) is 7.85. The van der Waals surface area contributed by atoms with Crippen LogP contribution < -0.4 is 0 Å². The van der Waals surface area contributed by atoms with Gasteiger partial charge in [0, 0.05) is 18.5 Å². The van der Waals surface area contributed by atoms with E-state index in [0.717, 1.165) is 6.07 Å². The Morgan fingerprint density at radius 1 is 0.912 bits per heavy atom. The Balaban J connectivity index is 1.45. The molecule has 4 aromatic rings. The molecule has 2 heterocycles. The minimum absolute atomic E-state index is 0.145. The van der Waals surface area contributed by atoms with Gasteiger partial charge in [-0.05, 0) is 48.9 Å². The average Bonchev–Trinajstić information content (AvgIpc) is 3.28. The molecule has 1 aromatic heterocycles. The van der Waals surface area contributed by atoms with Crippen molar-refractivity contribution in [1.29, 1.82) is 0 Å². The van der Waals surface area contributed by atoms with Gasteiger partial charge in [0.1, 0.15) is 11.6 Å². The van der Waals surface area contributed by atoms with Crippen molar-refractivity contribution in [2.45, 2.75) is 12.8 Å². The Labute approximate surface area is 203 Å². The number of imide groups is 1. The van der Waals surface area contributed by atoms with Gasteiger partial charge >= 0.3 is 0 Å². The average molecular weight is 496 g/mol. The predicted molar refractivity (Wildman–Crippen MR) is 126 cm³/mol. The van der Waals surface area contributed by atoms with Gasteiger partial charge in [-0.2, -0.15) is 0 Å². The highest BCUT2D eigenvalue weighted by molar-refractivity contribution is 6.42. The first-order chi connectivity index (χ1) is 16.3. The summed E-state index contributed by atoms with van der Waals surface area (Å²) < 4.78 is 15.1. The molecule has 0 saturated carbocycles. The molecule has 0 bridgehead atoms. The lowest BCUT2D eigenvalue weighted by Crippen LogP contribution is -2.31. The molecule has 0 aliphatic carbocycles. The molecule has 0 radical (unpaired) electrons. The first-order valence-electron chi connectivity index (χ1n) is 10.5. The third-order valence-electron chi connectivity index (χ3n) is 5.70. The molecule has 170 valence electrons. The number of hydrogen-bond acceptors (Lipinski definition) is 4. The van der Waals surface area contributed by atoms with E-state index in [9.17, 15) is 18.8 Å². The first-order valence-corrected chi connectivity index (χ1v) is 11.2. The fraction of sp³-hybridized carbons (Fsp3) is 0.120. The van der Waals surface area contributed by atoms with Crippen LogP contribution in [0.5, 0.6) is 0 Å². The van der Waals surface area contributed by atoms with Crippen LogP contribution >= 0.6 is 23.2 Å². The van der Waals surface area contributed by atoms with E-state index in [2.05, 4.69) is 4.98 Å². The highest BCUT2D eigenvalue weighted by Gasteiger charge is 2.34. The standard InChI is InChI=1S/C25H16Cl2FN3O3/c26-18-12-20-21(13-19(18)27)31(23(32)14-5-3-6-15(28)11-14)22(29-20)9-4-10-30-24(33)16-7-1-2-8-17(16)25(30)34/h1-3,5-8,11-13H,4,9-10H2. The van der Waals surface area contributed by atoms with Gasteiger partial charge in [0.15, 0.2) is 0 Å².